The quantitative estimate of drug-likeness (QED) is 0.853. The van der Waals surface area contributed by atoms with Gasteiger partial charge in [0.15, 0.2) is 0 Å². The fraction of sp³-hybridized carbons (Fsp3) is 0.769. The van der Waals surface area contributed by atoms with Crippen LogP contribution in [0, 0.1) is 12.3 Å². The van der Waals surface area contributed by atoms with Crippen molar-refractivity contribution in [3.63, 3.8) is 0 Å². The van der Waals surface area contributed by atoms with Crippen LogP contribution in [0.25, 0.3) is 0 Å². The number of rotatable bonds is 5. The van der Waals surface area contributed by atoms with E-state index in [4.69, 9.17) is 4.52 Å². The smallest absolute Gasteiger partial charge is 0.217 e. The molecule has 1 aromatic rings. The SMILES string of the molecule is Cc1cc(CS(=O)(=O)NCC2NCCCC2(C)C)no1. The second kappa shape index (κ2) is 5.83. The van der Waals surface area contributed by atoms with Crippen LogP contribution >= 0.6 is 0 Å². The van der Waals surface area contributed by atoms with Crippen molar-refractivity contribution in [3.8, 4) is 0 Å². The number of hydrogen-bond donors (Lipinski definition) is 2. The van der Waals surface area contributed by atoms with E-state index < -0.39 is 10.0 Å². The molecule has 114 valence electrons. The van der Waals surface area contributed by atoms with Gasteiger partial charge in [0, 0.05) is 18.7 Å². The highest BCUT2D eigenvalue weighted by Crippen LogP contribution is 2.29. The molecular weight excluding hydrogens is 278 g/mol. The standard InChI is InChI=1S/C13H23N3O3S/c1-10-7-11(16-19-10)9-20(17,18)15-8-12-13(2,3)5-4-6-14-12/h7,12,14-15H,4-6,8-9H2,1-3H3. The molecule has 6 nitrogen and oxygen atoms in total. The van der Waals surface area contributed by atoms with E-state index in [0.29, 0.717) is 18.0 Å². The van der Waals surface area contributed by atoms with Crippen LogP contribution in [0.5, 0.6) is 0 Å². The van der Waals surface area contributed by atoms with Gasteiger partial charge < -0.3 is 9.84 Å². The van der Waals surface area contributed by atoms with Gasteiger partial charge in [-0.2, -0.15) is 0 Å². The van der Waals surface area contributed by atoms with Crippen LogP contribution in [0.3, 0.4) is 0 Å². The molecule has 1 atom stereocenters. The molecule has 1 aliphatic heterocycles. The first kappa shape index (κ1) is 15.5. The van der Waals surface area contributed by atoms with Gasteiger partial charge >= 0.3 is 0 Å². The number of nitrogens with zero attached hydrogens (tertiary/aromatic N) is 1. The van der Waals surface area contributed by atoms with Crippen molar-refractivity contribution in [1.29, 1.82) is 0 Å². The summed E-state index contributed by atoms with van der Waals surface area (Å²) in [5.41, 5.74) is 0.538. The van der Waals surface area contributed by atoms with Gasteiger partial charge in [-0.15, -0.1) is 0 Å². The zero-order chi connectivity index (χ0) is 14.8. The Balaban J connectivity index is 1.92. The number of sulfonamides is 1. The molecule has 1 aliphatic rings. The van der Waals surface area contributed by atoms with E-state index in [9.17, 15) is 8.42 Å². The van der Waals surface area contributed by atoms with Crippen molar-refractivity contribution in [2.45, 2.75) is 45.4 Å². The van der Waals surface area contributed by atoms with Crippen LogP contribution in [0.4, 0.5) is 0 Å². The molecule has 20 heavy (non-hydrogen) atoms. The van der Waals surface area contributed by atoms with Crippen LogP contribution in [0.15, 0.2) is 10.6 Å². The molecule has 0 saturated carbocycles. The Hall–Kier alpha value is -0.920. The fourth-order valence-electron chi connectivity index (χ4n) is 2.56. The molecule has 1 saturated heterocycles. The lowest BCUT2D eigenvalue weighted by atomic mass is 9.78. The maximum Gasteiger partial charge on any atom is 0.217 e. The summed E-state index contributed by atoms with van der Waals surface area (Å²) in [4.78, 5) is 0. The molecule has 2 rings (SSSR count). The first-order valence-electron chi connectivity index (χ1n) is 6.91. The van der Waals surface area contributed by atoms with Gasteiger partial charge in [0.2, 0.25) is 10.0 Å². The largest absolute Gasteiger partial charge is 0.361 e. The maximum absolute atomic E-state index is 12.0. The fourth-order valence-corrected chi connectivity index (χ4v) is 3.61. The van der Waals surface area contributed by atoms with Gasteiger partial charge in [-0.25, -0.2) is 13.1 Å². The van der Waals surface area contributed by atoms with Gasteiger partial charge in [0.25, 0.3) is 0 Å². The molecule has 2 heterocycles. The highest BCUT2D eigenvalue weighted by molar-refractivity contribution is 7.88. The third kappa shape index (κ3) is 4.04. The van der Waals surface area contributed by atoms with Gasteiger partial charge in [-0.05, 0) is 31.7 Å². The molecule has 1 aromatic heterocycles. The summed E-state index contributed by atoms with van der Waals surface area (Å²) in [6, 6.07) is 1.80. The normalized spacial score (nSPS) is 22.9. The van der Waals surface area contributed by atoms with Gasteiger partial charge in [0.1, 0.15) is 17.2 Å². The second-order valence-corrected chi connectivity index (χ2v) is 7.94. The van der Waals surface area contributed by atoms with Gasteiger partial charge in [-0.3, -0.25) is 0 Å². The topological polar surface area (TPSA) is 84.2 Å². The molecule has 0 spiro atoms. The van der Waals surface area contributed by atoms with Crippen molar-refractivity contribution < 1.29 is 12.9 Å². The van der Waals surface area contributed by atoms with E-state index in [1.165, 1.54) is 0 Å². The lowest BCUT2D eigenvalue weighted by Crippen LogP contribution is -2.52. The molecule has 0 aliphatic carbocycles. The molecular formula is C13H23N3O3S. The summed E-state index contributed by atoms with van der Waals surface area (Å²) in [5.74, 6) is 0.475. The minimum absolute atomic E-state index is 0.102. The first-order chi connectivity index (χ1) is 9.28. The van der Waals surface area contributed by atoms with Gasteiger partial charge in [0.05, 0.1) is 0 Å². The summed E-state index contributed by atoms with van der Waals surface area (Å²) in [6.07, 6.45) is 2.24. The van der Waals surface area contributed by atoms with Gasteiger partial charge in [-0.1, -0.05) is 19.0 Å². The minimum atomic E-state index is -3.38. The molecule has 0 aromatic carbocycles. The Bertz CT molecular complexity index is 551. The Labute approximate surface area is 120 Å². The van der Waals surface area contributed by atoms with Crippen LogP contribution in [-0.2, 0) is 15.8 Å². The number of piperidine rings is 1. The lowest BCUT2D eigenvalue weighted by Gasteiger charge is -2.39. The number of hydrogen-bond acceptors (Lipinski definition) is 5. The summed E-state index contributed by atoms with van der Waals surface area (Å²) >= 11 is 0. The first-order valence-corrected chi connectivity index (χ1v) is 8.57. The van der Waals surface area contributed by atoms with Crippen molar-refractivity contribution in [2.75, 3.05) is 13.1 Å². The summed E-state index contributed by atoms with van der Waals surface area (Å²) < 4.78 is 31.6. The van der Waals surface area contributed by atoms with Crippen molar-refractivity contribution >= 4 is 10.0 Å². The zero-order valence-corrected chi connectivity index (χ0v) is 13.1. The van der Waals surface area contributed by atoms with E-state index >= 15 is 0 Å². The molecule has 1 fully saturated rings. The third-order valence-electron chi connectivity index (χ3n) is 3.85. The molecule has 0 bridgehead atoms. The number of aryl methyl sites for hydroxylation is 1. The van der Waals surface area contributed by atoms with E-state index in [1.54, 1.807) is 13.0 Å². The summed E-state index contributed by atoms with van der Waals surface area (Å²) in [6.45, 7) is 7.42. The Morgan fingerprint density at radius 2 is 2.30 bits per heavy atom. The van der Waals surface area contributed by atoms with E-state index in [-0.39, 0.29) is 17.2 Å². The average molecular weight is 301 g/mol. The van der Waals surface area contributed by atoms with Crippen LogP contribution < -0.4 is 10.0 Å². The second-order valence-electron chi connectivity index (χ2n) is 6.14. The molecule has 1 unspecified atom stereocenters. The molecule has 0 radical (unpaired) electrons. The highest BCUT2D eigenvalue weighted by Gasteiger charge is 2.32. The van der Waals surface area contributed by atoms with Crippen LogP contribution in [0.1, 0.15) is 38.1 Å². The Morgan fingerprint density at radius 3 is 2.90 bits per heavy atom. The predicted molar refractivity (Wildman–Crippen MR) is 76.7 cm³/mol. The maximum atomic E-state index is 12.0. The van der Waals surface area contributed by atoms with Crippen molar-refractivity contribution in [1.82, 2.24) is 15.2 Å². The van der Waals surface area contributed by atoms with Crippen LogP contribution in [0.2, 0.25) is 0 Å². The van der Waals surface area contributed by atoms with E-state index in [0.717, 1.165) is 19.4 Å². The molecule has 7 heteroatoms. The monoisotopic (exact) mass is 301 g/mol. The van der Waals surface area contributed by atoms with Crippen molar-refractivity contribution in [3.05, 3.63) is 17.5 Å². The zero-order valence-electron chi connectivity index (χ0n) is 12.3. The van der Waals surface area contributed by atoms with E-state index in [1.807, 2.05) is 0 Å². The van der Waals surface area contributed by atoms with Crippen molar-refractivity contribution in [2.24, 2.45) is 5.41 Å². The Morgan fingerprint density at radius 1 is 1.55 bits per heavy atom. The average Bonchev–Trinajstić information content (AvgIpc) is 2.72. The number of aromatic nitrogens is 1. The molecule has 0 amide bonds. The van der Waals surface area contributed by atoms with Crippen LogP contribution in [-0.4, -0.2) is 32.7 Å². The lowest BCUT2D eigenvalue weighted by molar-refractivity contribution is 0.181. The minimum Gasteiger partial charge on any atom is -0.361 e. The summed E-state index contributed by atoms with van der Waals surface area (Å²) in [5, 5.41) is 7.10. The molecule has 2 N–H and O–H groups in total. The Kier molecular flexibility index (Phi) is 4.51. The summed E-state index contributed by atoms with van der Waals surface area (Å²) in [7, 11) is -3.38. The van der Waals surface area contributed by atoms with E-state index in [2.05, 4.69) is 29.0 Å². The highest BCUT2D eigenvalue weighted by atomic mass is 32.2. The third-order valence-corrected chi connectivity index (χ3v) is 5.14. The predicted octanol–water partition coefficient (Wildman–Crippen LogP) is 1.18. The number of nitrogens with one attached hydrogen (secondary N) is 2.